The summed E-state index contributed by atoms with van der Waals surface area (Å²) >= 11 is 0. The molecule has 2 saturated heterocycles. The molecule has 6 heteroatoms. The van der Waals surface area contributed by atoms with Gasteiger partial charge in [0.25, 0.3) is 0 Å². The molecule has 2 fully saturated rings. The molecule has 152 valence electrons. The SMILES string of the molecule is CC(=O)O[C@]1(C)CO[C@@]2(OCC[C@@H](O[Si](C)(C)C(C)(C)C)[C@@H]2C)[C@H](C)C1. The third-order valence-corrected chi connectivity index (χ3v) is 11.1. The molecular formula is C20H38O5Si. The highest BCUT2D eigenvalue weighted by molar-refractivity contribution is 6.74. The van der Waals surface area contributed by atoms with Gasteiger partial charge in [-0.25, -0.2) is 0 Å². The van der Waals surface area contributed by atoms with Crippen molar-refractivity contribution in [2.45, 2.75) is 96.9 Å². The van der Waals surface area contributed by atoms with Gasteiger partial charge in [0, 0.05) is 18.8 Å². The predicted octanol–water partition coefficient (Wildman–Crippen LogP) is 4.51. The summed E-state index contributed by atoms with van der Waals surface area (Å²) in [6, 6.07) is 0. The molecule has 2 aliphatic rings. The first-order valence-corrected chi connectivity index (χ1v) is 12.8. The van der Waals surface area contributed by atoms with Crippen LogP contribution in [0.25, 0.3) is 0 Å². The zero-order chi connectivity index (χ0) is 20.0. The van der Waals surface area contributed by atoms with Gasteiger partial charge in [-0.05, 0) is 37.9 Å². The lowest BCUT2D eigenvalue weighted by atomic mass is 9.75. The van der Waals surface area contributed by atoms with Crippen LogP contribution in [0.5, 0.6) is 0 Å². The zero-order valence-electron chi connectivity index (χ0n) is 18.1. The molecule has 0 radical (unpaired) electrons. The van der Waals surface area contributed by atoms with Crippen LogP contribution in [0.3, 0.4) is 0 Å². The second-order valence-corrected chi connectivity index (χ2v) is 14.8. The van der Waals surface area contributed by atoms with Gasteiger partial charge in [-0.1, -0.05) is 34.6 Å². The molecule has 0 bridgehead atoms. The Labute approximate surface area is 160 Å². The normalized spacial score (nSPS) is 39.0. The van der Waals surface area contributed by atoms with Crippen molar-refractivity contribution in [2.75, 3.05) is 13.2 Å². The van der Waals surface area contributed by atoms with E-state index in [2.05, 4.69) is 47.7 Å². The van der Waals surface area contributed by atoms with Gasteiger partial charge < -0.3 is 18.6 Å². The summed E-state index contributed by atoms with van der Waals surface area (Å²) in [5, 5.41) is 0.172. The van der Waals surface area contributed by atoms with Crippen LogP contribution < -0.4 is 0 Å². The van der Waals surface area contributed by atoms with Gasteiger partial charge >= 0.3 is 5.97 Å². The van der Waals surface area contributed by atoms with Crippen LogP contribution in [-0.4, -0.2) is 45.0 Å². The van der Waals surface area contributed by atoms with Crippen molar-refractivity contribution in [2.24, 2.45) is 11.8 Å². The van der Waals surface area contributed by atoms with Crippen molar-refractivity contribution in [1.82, 2.24) is 0 Å². The maximum absolute atomic E-state index is 11.4. The van der Waals surface area contributed by atoms with E-state index in [1.165, 1.54) is 6.92 Å². The maximum atomic E-state index is 11.4. The molecule has 0 aromatic carbocycles. The minimum atomic E-state index is -1.87. The number of carbonyl (C=O) groups is 1. The fraction of sp³-hybridized carbons (Fsp3) is 0.950. The first kappa shape index (κ1) is 21.9. The van der Waals surface area contributed by atoms with Crippen LogP contribution >= 0.6 is 0 Å². The molecule has 0 saturated carbocycles. The van der Waals surface area contributed by atoms with Crippen molar-refractivity contribution in [3.8, 4) is 0 Å². The number of hydrogen-bond acceptors (Lipinski definition) is 5. The molecule has 2 aliphatic heterocycles. The highest BCUT2D eigenvalue weighted by Crippen LogP contribution is 2.48. The number of ether oxygens (including phenoxy) is 3. The Morgan fingerprint density at radius 1 is 1.19 bits per heavy atom. The van der Waals surface area contributed by atoms with E-state index in [1.807, 2.05) is 6.92 Å². The Balaban J connectivity index is 2.16. The zero-order valence-corrected chi connectivity index (χ0v) is 19.1. The monoisotopic (exact) mass is 386 g/mol. The summed E-state index contributed by atoms with van der Waals surface area (Å²) in [5.41, 5.74) is -0.590. The average molecular weight is 387 g/mol. The summed E-state index contributed by atoms with van der Waals surface area (Å²) in [7, 11) is -1.87. The van der Waals surface area contributed by atoms with Gasteiger partial charge in [-0.2, -0.15) is 0 Å². The molecule has 5 atom stereocenters. The van der Waals surface area contributed by atoms with Crippen molar-refractivity contribution in [3.05, 3.63) is 0 Å². The van der Waals surface area contributed by atoms with Crippen LogP contribution in [0, 0.1) is 11.8 Å². The fourth-order valence-electron chi connectivity index (χ4n) is 4.13. The predicted molar refractivity (Wildman–Crippen MR) is 104 cm³/mol. The van der Waals surface area contributed by atoms with E-state index in [0.717, 1.165) is 12.8 Å². The quantitative estimate of drug-likeness (QED) is 0.528. The van der Waals surface area contributed by atoms with Crippen LogP contribution in [0.15, 0.2) is 0 Å². The first-order chi connectivity index (χ1) is 11.7. The van der Waals surface area contributed by atoms with Gasteiger partial charge in [0.05, 0.1) is 19.3 Å². The van der Waals surface area contributed by atoms with Crippen LogP contribution in [-0.2, 0) is 23.4 Å². The lowest BCUT2D eigenvalue weighted by Crippen LogP contribution is -2.63. The van der Waals surface area contributed by atoms with Crippen molar-refractivity contribution in [1.29, 1.82) is 0 Å². The van der Waals surface area contributed by atoms with E-state index in [-0.39, 0.29) is 28.9 Å². The van der Waals surface area contributed by atoms with E-state index in [0.29, 0.717) is 13.2 Å². The molecule has 0 amide bonds. The van der Waals surface area contributed by atoms with Gasteiger partial charge in [-0.3, -0.25) is 4.79 Å². The topological polar surface area (TPSA) is 54.0 Å². The molecule has 26 heavy (non-hydrogen) atoms. The molecule has 0 unspecified atom stereocenters. The third kappa shape index (κ3) is 4.18. The van der Waals surface area contributed by atoms with Crippen LogP contribution in [0.1, 0.15) is 61.3 Å². The minimum Gasteiger partial charge on any atom is -0.457 e. The second-order valence-electron chi connectivity index (χ2n) is 10.0. The summed E-state index contributed by atoms with van der Waals surface area (Å²) < 4.78 is 24.8. The van der Waals surface area contributed by atoms with Crippen LogP contribution in [0.4, 0.5) is 0 Å². The highest BCUT2D eigenvalue weighted by Gasteiger charge is 2.56. The first-order valence-electron chi connectivity index (χ1n) is 9.88. The van der Waals surface area contributed by atoms with E-state index in [4.69, 9.17) is 18.6 Å². The summed E-state index contributed by atoms with van der Waals surface area (Å²) in [5.74, 6) is -0.690. The Kier molecular flexibility index (Phi) is 6.04. The Morgan fingerprint density at radius 2 is 1.81 bits per heavy atom. The smallest absolute Gasteiger partial charge is 0.303 e. The third-order valence-electron chi connectivity index (χ3n) is 6.59. The molecule has 0 N–H and O–H groups in total. The van der Waals surface area contributed by atoms with E-state index >= 15 is 0 Å². The molecule has 2 rings (SSSR count). The number of hydrogen-bond donors (Lipinski definition) is 0. The minimum absolute atomic E-state index is 0.112. The molecule has 1 spiro atoms. The summed E-state index contributed by atoms with van der Waals surface area (Å²) in [4.78, 5) is 11.4. The van der Waals surface area contributed by atoms with Crippen molar-refractivity contribution in [3.63, 3.8) is 0 Å². The largest absolute Gasteiger partial charge is 0.457 e. The Morgan fingerprint density at radius 3 is 2.31 bits per heavy atom. The molecule has 5 nitrogen and oxygen atoms in total. The van der Waals surface area contributed by atoms with Crippen LogP contribution in [0.2, 0.25) is 18.1 Å². The summed E-state index contributed by atoms with van der Waals surface area (Å²) in [6.07, 6.45) is 1.75. The van der Waals surface area contributed by atoms with E-state index in [9.17, 15) is 4.79 Å². The fourth-order valence-corrected chi connectivity index (χ4v) is 5.56. The average Bonchev–Trinajstić information content (AvgIpc) is 2.45. The lowest BCUT2D eigenvalue weighted by Gasteiger charge is -2.55. The second kappa shape index (κ2) is 7.19. The van der Waals surface area contributed by atoms with Crippen molar-refractivity contribution >= 4 is 14.3 Å². The molecule has 0 aromatic rings. The standard InChI is InChI=1S/C20H38O5Si/c1-14-12-19(7,24-16(3)21)13-23-20(14)15(2)17(10-11-22-20)25-26(8,9)18(4,5)6/h14-15,17H,10-13H2,1-9H3/t14-,15+,17-,19+,20+/m1/s1. The number of carbonyl (C=O) groups excluding carboxylic acids is 1. The molecule has 2 heterocycles. The Bertz CT molecular complexity index is 529. The van der Waals surface area contributed by atoms with Crippen molar-refractivity contribution < 1.29 is 23.4 Å². The van der Waals surface area contributed by atoms with Gasteiger partial charge in [0.15, 0.2) is 14.1 Å². The molecular weight excluding hydrogens is 348 g/mol. The molecule has 0 aliphatic carbocycles. The summed E-state index contributed by atoms with van der Waals surface area (Å²) in [6.45, 7) is 20.1. The van der Waals surface area contributed by atoms with E-state index < -0.39 is 19.7 Å². The number of esters is 1. The highest BCUT2D eigenvalue weighted by atomic mass is 28.4. The van der Waals surface area contributed by atoms with Gasteiger partial charge in [0.1, 0.15) is 5.60 Å². The number of rotatable bonds is 3. The molecule has 0 aromatic heterocycles. The Hall–Kier alpha value is -0.433. The van der Waals surface area contributed by atoms with Gasteiger partial charge in [0.2, 0.25) is 0 Å². The van der Waals surface area contributed by atoms with Gasteiger partial charge in [-0.15, -0.1) is 0 Å². The maximum Gasteiger partial charge on any atom is 0.303 e. The lowest BCUT2D eigenvalue weighted by molar-refractivity contribution is -0.356. The van der Waals surface area contributed by atoms with E-state index in [1.54, 1.807) is 0 Å².